The molecule has 0 aliphatic heterocycles. The van der Waals surface area contributed by atoms with E-state index in [1.807, 2.05) is 60.7 Å². The molecule has 0 amide bonds. The molecule has 0 saturated heterocycles. The summed E-state index contributed by atoms with van der Waals surface area (Å²) in [5.41, 5.74) is 4.38. The maximum atomic E-state index is 10.3. The van der Waals surface area contributed by atoms with Crippen molar-refractivity contribution in [3.8, 4) is 0 Å². The molecule has 7 heteroatoms. The van der Waals surface area contributed by atoms with Gasteiger partial charge in [0.2, 0.25) is 0 Å². The minimum atomic E-state index is -2.00. The monoisotopic (exact) mass is 498 g/mol. The predicted molar refractivity (Wildman–Crippen MR) is 126 cm³/mol. The summed E-state index contributed by atoms with van der Waals surface area (Å²) < 4.78 is 26.9. The zero-order valence-corrected chi connectivity index (χ0v) is 19.9. The standard InChI is InChI=1S/2C14H9O2.2O.Ti/c2*15-9-16-13-8-7-11-4-1-3-10-5-2-6-12(13)14(10)11;;;/h2*1-8,13H;;;/q2*-1;;;. The molecule has 6 nitrogen and oxygen atoms in total. The molecule has 0 saturated carbocycles. The first-order valence-electron chi connectivity index (χ1n) is 10.7. The molecule has 0 aromatic heterocycles. The summed E-state index contributed by atoms with van der Waals surface area (Å²) in [5.74, 6) is 0. The van der Waals surface area contributed by atoms with Crippen LogP contribution in [0.25, 0.3) is 33.7 Å². The molecule has 35 heavy (non-hydrogen) atoms. The van der Waals surface area contributed by atoms with Gasteiger partial charge in [-0.1, -0.05) is 97.9 Å². The molecule has 4 aromatic rings. The average Bonchev–Trinajstić information content (AvgIpc) is 2.89. The number of hydrogen-bond donors (Lipinski definition) is 0. The first-order valence-corrected chi connectivity index (χ1v) is 11.9. The molecule has 2 unspecified atom stereocenters. The van der Waals surface area contributed by atoms with Crippen LogP contribution in [0.3, 0.4) is 0 Å². The topological polar surface area (TPSA) is 86.7 Å². The van der Waals surface area contributed by atoms with Crippen molar-refractivity contribution in [3.63, 3.8) is 0 Å². The van der Waals surface area contributed by atoms with Gasteiger partial charge in [0.05, 0.1) is 0 Å². The first-order chi connectivity index (χ1) is 17.2. The van der Waals surface area contributed by atoms with Crippen molar-refractivity contribution in [1.29, 1.82) is 0 Å². The van der Waals surface area contributed by atoms with Gasteiger partial charge in [0.1, 0.15) is 12.2 Å². The molecule has 0 radical (unpaired) electrons. The Hall–Kier alpha value is -3.87. The predicted octanol–water partition coefficient (Wildman–Crippen LogP) is 5.74. The van der Waals surface area contributed by atoms with Gasteiger partial charge in [0, 0.05) is 11.1 Å². The Morgan fingerprint density at radius 1 is 0.600 bits per heavy atom. The molecule has 172 valence electrons. The molecule has 2 aliphatic carbocycles. The molecule has 0 spiro atoms. The van der Waals surface area contributed by atoms with Crippen LogP contribution in [0.15, 0.2) is 84.9 Å². The fourth-order valence-corrected chi connectivity index (χ4v) is 4.45. The summed E-state index contributed by atoms with van der Waals surface area (Å²) in [6.07, 6.45) is 7.10. The fourth-order valence-electron chi connectivity index (χ4n) is 4.45. The van der Waals surface area contributed by atoms with Gasteiger partial charge in [-0.15, -0.1) is 0 Å². The van der Waals surface area contributed by atoms with Crippen molar-refractivity contribution >= 4 is 46.6 Å². The number of carbonyl (C=O) groups excluding carboxylic acids is 2. The third-order valence-corrected chi connectivity index (χ3v) is 5.80. The van der Waals surface area contributed by atoms with Crippen LogP contribution in [0.5, 0.6) is 0 Å². The van der Waals surface area contributed by atoms with Gasteiger partial charge in [-0.2, -0.15) is 0 Å². The Bertz CT molecular complexity index is 1370. The van der Waals surface area contributed by atoms with Gasteiger partial charge in [-0.25, -0.2) is 0 Å². The van der Waals surface area contributed by atoms with E-state index in [9.17, 15) is 9.59 Å². The van der Waals surface area contributed by atoms with E-state index in [0.717, 1.165) is 21.9 Å². The van der Waals surface area contributed by atoms with Crippen molar-refractivity contribution in [3.05, 3.63) is 107 Å². The number of rotatable bonds is 4. The van der Waals surface area contributed by atoms with Crippen LogP contribution in [0, 0.1) is 0 Å². The second-order valence-electron chi connectivity index (χ2n) is 7.63. The molecule has 0 bridgehead atoms. The summed E-state index contributed by atoms with van der Waals surface area (Å²) in [5, 5.41) is 4.65. The zero-order chi connectivity index (χ0) is 24.6. The summed E-state index contributed by atoms with van der Waals surface area (Å²) in [4.78, 5) is 20.6. The van der Waals surface area contributed by atoms with E-state index < -0.39 is 19.1 Å². The Morgan fingerprint density at radius 2 is 0.971 bits per heavy atom. The Kier molecular flexibility index (Phi) is 7.98. The van der Waals surface area contributed by atoms with Crippen LogP contribution in [0.1, 0.15) is 34.5 Å². The van der Waals surface area contributed by atoms with Gasteiger partial charge in [-0.3, -0.25) is 0 Å². The molecular weight excluding hydrogens is 480 g/mol. The third-order valence-electron chi connectivity index (χ3n) is 5.80. The van der Waals surface area contributed by atoms with E-state index in [1.165, 1.54) is 34.8 Å². The van der Waals surface area contributed by atoms with Gasteiger partial charge < -0.3 is 19.1 Å². The van der Waals surface area contributed by atoms with E-state index >= 15 is 0 Å². The molecule has 0 heterocycles. The summed E-state index contributed by atoms with van der Waals surface area (Å²) in [6.45, 7) is 3.02. The summed E-state index contributed by atoms with van der Waals surface area (Å²) in [6, 6.07) is 24.3. The fraction of sp³-hybridized carbons (Fsp3) is 0.0714. The van der Waals surface area contributed by atoms with Gasteiger partial charge in [0.25, 0.3) is 0 Å². The van der Waals surface area contributed by atoms with Gasteiger partial charge in [0.15, 0.2) is 0 Å². The van der Waals surface area contributed by atoms with Crippen LogP contribution < -0.4 is 0 Å². The van der Waals surface area contributed by atoms with E-state index in [1.54, 1.807) is 0 Å². The van der Waals surface area contributed by atoms with Gasteiger partial charge in [-0.05, 0) is 44.8 Å². The van der Waals surface area contributed by atoms with Crippen LogP contribution in [0.4, 0.5) is 0 Å². The number of benzene rings is 4. The number of hydrogen-bond acceptors (Lipinski definition) is 6. The minimum absolute atomic E-state index is 0.309. The van der Waals surface area contributed by atoms with E-state index in [0.29, 0.717) is 0 Å². The number of ether oxygens (including phenoxy) is 2. The SMILES string of the molecule is O=[C-]OC1C=Cc2cccc3cccc1c23.O=[C-]OC1C=Cc2cccc3cccc1c23.[O]=[Ti]=[O]. The second-order valence-corrected chi connectivity index (χ2v) is 7.89. The second kappa shape index (κ2) is 11.5. The zero-order valence-electron chi connectivity index (χ0n) is 18.3. The summed E-state index contributed by atoms with van der Waals surface area (Å²) in [7, 11) is 0. The van der Waals surface area contributed by atoms with Crippen LogP contribution >= 0.6 is 0 Å². The molecule has 0 fully saturated rings. The average molecular weight is 498 g/mol. The third kappa shape index (κ3) is 5.14. The van der Waals surface area contributed by atoms with Crippen molar-refractivity contribution in [2.45, 2.75) is 12.2 Å². The Labute approximate surface area is 210 Å². The Balaban J connectivity index is 0.000000149. The molecule has 2 atom stereocenters. The van der Waals surface area contributed by atoms with Crippen LogP contribution in [0.2, 0.25) is 0 Å². The molecular formula is C28H18O6Ti-2. The first kappa shape index (κ1) is 24.3. The van der Waals surface area contributed by atoms with Crippen molar-refractivity contribution in [1.82, 2.24) is 0 Å². The van der Waals surface area contributed by atoms with Crippen molar-refractivity contribution in [2.75, 3.05) is 0 Å². The molecule has 2 aliphatic rings. The molecule has 6 rings (SSSR count). The summed E-state index contributed by atoms with van der Waals surface area (Å²) >= 11 is -2.00. The van der Waals surface area contributed by atoms with Crippen molar-refractivity contribution < 1.29 is 44.8 Å². The normalized spacial score (nSPS) is 16.1. The van der Waals surface area contributed by atoms with E-state index in [-0.39, 0.29) is 12.2 Å². The van der Waals surface area contributed by atoms with Crippen molar-refractivity contribution in [2.24, 2.45) is 0 Å². The van der Waals surface area contributed by atoms with Crippen LogP contribution in [-0.2, 0) is 44.8 Å². The van der Waals surface area contributed by atoms with E-state index in [2.05, 4.69) is 36.4 Å². The maximum absolute atomic E-state index is 10.3. The molecule has 4 aromatic carbocycles. The molecule has 0 N–H and O–H groups in total. The van der Waals surface area contributed by atoms with Crippen LogP contribution in [-0.4, -0.2) is 12.9 Å². The van der Waals surface area contributed by atoms with E-state index in [4.69, 9.17) is 16.1 Å². The quantitative estimate of drug-likeness (QED) is 0.263. The van der Waals surface area contributed by atoms with Gasteiger partial charge >= 0.3 is 25.7 Å². The Morgan fingerprint density at radius 3 is 1.34 bits per heavy atom.